The first-order valence-corrected chi connectivity index (χ1v) is 9.02. The molecule has 0 saturated carbocycles. The van der Waals surface area contributed by atoms with Crippen molar-refractivity contribution in [3.63, 3.8) is 0 Å². The molecule has 0 radical (unpaired) electrons. The third-order valence-corrected chi connectivity index (χ3v) is 4.06. The molecule has 0 aliphatic rings. The number of halogens is 5. The number of carbonyl (C=O) groups is 1. The highest BCUT2D eigenvalue weighted by molar-refractivity contribution is 14.0. The summed E-state index contributed by atoms with van der Waals surface area (Å²) in [6.45, 7) is 2.10. The molecule has 0 aliphatic carbocycles. The zero-order valence-electron chi connectivity index (χ0n) is 16.5. The van der Waals surface area contributed by atoms with Gasteiger partial charge < -0.3 is 16.0 Å². The van der Waals surface area contributed by atoms with Crippen LogP contribution in [-0.2, 0) is 13.0 Å². The molecule has 2 aromatic rings. The van der Waals surface area contributed by atoms with Gasteiger partial charge in [0.1, 0.15) is 0 Å². The molecule has 0 atom stereocenters. The van der Waals surface area contributed by atoms with Gasteiger partial charge in [0.15, 0.2) is 29.2 Å². The molecule has 0 fully saturated rings. The van der Waals surface area contributed by atoms with Crippen LogP contribution in [0, 0.1) is 23.3 Å². The highest BCUT2D eigenvalue weighted by Gasteiger charge is 2.18. The lowest BCUT2D eigenvalue weighted by Crippen LogP contribution is -2.38. The molecular formula is C20H23F4IN4O. The standard InChI is InChI=1S/C20H22F4N4O.HI/c1-3-26-20(28-11-14-17(23)15(21)10-16(22)18(14)24)27-8-7-12-5-4-6-13(9-12)19(29)25-2;/h4-6,9-10H,3,7-8,11H2,1-2H3,(H,25,29)(H2,26,27,28);1H. The molecule has 2 aromatic carbocycles. The zero-order chi connectivity index (χ0) is 21.4. The molecule has 0 aromatic heterocycles. The molecule has 10 heteroatoms. The number of nitrogens with one attached hydrogen (secondary N) is 3. The number of hydrogen-bond donors (Lipinski definition) is 3. The fraction of sp³-hybridized carbons (Fsp3) is 0.300. The Hall–Kier alpha value is -2.37. The normalized spacial score (nSPS) is 10.9. The van der Waals surface area contributed by atoms with Crippen LogP contribution in [0.5, 0.6) is 0 Å². The van der Waals surface area contributed by atoms with Gasteiger partial charge in [-0.1, -0.05) is 12.1 Å². The number of nitrogens with zero attached hydrogens (tertiary/aromatic N) is 1. The van der Waals surface area contributed by atoms with Crippen LogP contribution in [0.3, 0.4) is 0 Å². The van der Waals surface area contributed by atoms with Gasteiger partial charge in [0.2, 0.25) is 0 Å². The summed E-state index contributed by atoms with van der Waals surface area (Å²) in [5, 5.41) is 8.42. The van der Waals surface area contributed by atoms with Crippen molar-refractivity contribution in [3.05, 3.63) is 70.3 Å². The van der Waals surface area contributed by atoms with Crippen molar-refractivity contribution in [2.45, 2.75) is 19.9 Å². The van der Waals surface area contributed by atoms with E-state index in [-0.39, 0.29) is 41.9 Å². The molecule has 0 saturated heterocycles. The number of amides is 1. The number of guanidine groups is 1. The lowest BCUT2D eigenvalue weighted by Gasteiger charge is -2.12. The van der Waals surface area contributed by atoms with Crippen molar-refractivity contribution in [2.24, 2.45) is 4.99 Å². The van der Waals surface area contributed by atoms with Crippen LogP contribution < -0.4 is 16.0 Å². The van der Waals surface area contributed by atoms with E-state index in [4.69, 9.17) is 0 Å². The first-order valence-electron chi connectivity index (χ1n) is 9.02. The van der Waals surface area contributed by atoms with Crippen molar-refractivity contribution in [1.29, 1.82) is 0 Å². The van der Waals surface area contributed by atoms with Gasteiger partial charge in [-0.25, -0.2) is 22.6 Å². The van der Waals surface area contributed by atoms with Crippen LogP contribution in [0.2, 0.25) is 0 Å². The van der Waals surface area contributed by atoms with Gasteiger partial charge in [-0.05, 0) is 31.0 Å². The zero-order valence-corrected chi connectivity index (χ0v) is 18.8. The van der Waals surface area contributed by atoms with Gasteiger partial charge in [-0.2, -0.15) is 0 Å². The molecule has 5 nitrogen and oxygen atoms in total. The highest BCUT2D eigenvalue weighted by Crippen LogP contribution is 2.20. The van der Waals surface area contributed by atoms with Crippen LogP contribution in [0.1, 0.15) is 28.4 Å². The fourth-order valence-electron chi connectivity index (χ4n) is 2.60. The van der Waals surface area contributed by atoms with Crippen LogP contribution in [0.15, 0.2) is 35.3 Å². The van der Waals surface area contributed by atoms with E-state index >= 15 is 0 Å². The molecule has 0 unspecified atom stereocenters. The Kier molecular flexibility index (Phi) is 10.6. The molecule has 0 aliphatic heterocycles. The smallest absolute Gasteiger partial charge is 0.251 e. The minimum absolute atomic E-state index is 0. The Morgan fingerprint density at radius 2 is 1.70 bits per heavy atom. The molecule has 164 valence electrons. The molecule has 30 heavy (non-hydrogen) atoms. The van der Waals surface area contributed by atoms with Gasteiger partial charge in [0.25, 0.3) is 5.91 Å². The van der Waals surface area contributed by atoms with E-state index in [2.05, 4.69) is 20.9 Å². The van der Waals surface area contributed by atoms with Gasteiger partial charge in [0, 0.05) is 31.8 Å². The molecule has 2 rings (SSSR count). The Labute approximate surface area is 189 Å². The highest BCUT2D eigenvalue weighted by atomic mass is 127. The van der Waals surface area contributed by atoms with Crippen molar-refractivity contribution < 1.29 is 22.4 Å². The maximum Gasteiger partial charge on any atom is 0.251 e. The Morgan fingerprint density at radius 1 is 1.03 bits per heavy atom. The maximum absolute atomic E-state index is 13.8. The predicted octanol–water partition coefficient (Wildman–Crippen LogP) is 3.52. The van der Waals surface area contributed by atoms with E-state index in [1.807, 2.05) is 6.07 Å². The number of carbonyl (C=O) groups excluding carboxylic acids is 1. The fourth-order valence-corrected chi connectivity index (χ4v) is 2.60. The Bertz CT molecular complexity index is 882. The SMILES string of the molecule is CCNC(=NCc1c(F)c(F)cc(F)c1F)NCCc1cccc(C(=O)NC)c1.I. The summed E-state index contributed by atoms with van der Waals surface area (Å²) in [4.78, 5) is 15.7. The Morgan fingerprint density at radius 3 is 2.30 bits per heavy atom. The van der Waals surface area contributed by atoms with Gasteiger partial charge in [0.05, 0.1) is 12.1 Å². The summed E-state index contributed by atoms with van der Waals surface area (Å²) in [6, 6.07) is 7.24. The molecule has 0 bridgehead atoms. The summed E-state index contributed by atoms with van der Waals surface area (Å²) in [7, 11) is 1.55. The van der Waals surface area contributed by atoms with Crippen molar-refractivity contribution in [1.82, 2.24) is 16.0 Å². The number of hydrogen-bond acceptors (Lipinski definition) is 2. The predicted molar refractivity (Wildman–Crippen MR) is 118 cm³/mol. The second-order valence-corrected chi connectivity index (χ2v) is 6.10. The lowest BCUT2D eigenvalue weighted by atomic mass is 10.1. The summed E-state index contributed by atoms with van der Waals surface area (Å²) in [6.07, 6.45) is 0.548. The topological polar surface area (TPSA) is 65.5 Å². The van der Waals surface area contributed by atoms with E-state index in [1.165, 1.54) is 0 Å². The van der Waals surface area contributed by atoms with E-state index in [1.54, 1.807) is 32.2 Å². The maximum atomic E-state index is 13.8. The third kappa shape index (κ3) is 6.85. The van der Waals surface area contributed by atoms with Gasteiger partial charge >= 0.3 is 0 Å². The van der Waals surface area contributed by atoms with E-state index in [0.717, 1.165) is 5.56 Å². The summed E-state index contributed by atoms with van der Waals surface area (Å²) >= 11 is 0. The number of rotatable bonds is 7. The van der Waals surface area contributed by atoms with E-state index in [9.17, 15) is 22.4 Å². The summed E-state index contributed by atoms with van der Waals surface area (Å²) < 4.78 is 54.1. The molecule has 1 amide bonds. The average Bonchev–Trinajstić information content (AvgIpc) is 2.71. The van der Waals surface area contributed by atoms with E-state index in [0.29, 0.717) is 25.1 Å². The third-order valence-electron chi connectivity index (χ3n) is 4.06. The average molecular weight is 538 g/mol. The van der Waals surface area contributed by atoms with Crippen LogP contribution in [0.25, 0.3) is 0 Å². The number of aliphatic imine (C=N–C) groups is 1. The van der Waals surface area contributed by atoms with Crippen LogP contribution >= 0.6 is 24.0 Å². The molecular weight excluding hydrogens is 515 g/mol. The summed E-state index contributed by atoms with van der Waals surface area (Å²) in [5.74, 6) is -5.82. The minimum atomic E-state index is -1.47. The van der Waals surface area contributed by atoms with Gasteiger partial charge in [-0.15, -0.1) is 24.0 Å². The quantitative estimate of drug-likeness (QED) is 0.166. The Balaban J connectivity index is 0.00000450. The monoisotopic (exact) mass is 538 g/mol. The second-order valence-electron chi connectivity index (χ2n) is 6.10. The summed E-state index contributed by atoms with van der Waals surface area (Å²) in [5.41, 5.74) is 0.654. The molecule has 0 spiro atoms. The molecule has 3 N–H and O–H groups in total. The van der Waals surface area contributed by atoms with Crippen molar-refractivity contribution >= 4 is 35.8 Å². The molecule has 0 heterocycles. The van der Waals surface area contributed by atoms with Crippen LogP contribution in [-0.4, -0.2) is 32.0 Å². The lowest BCUT2D eigenvalue weighted by molar-refractivity contribution is 0.0963. The van der Waals surface area contributed by atoms with E-state index < -0.39 is 35.4 Å². The first-order chi connectivity index (χ1) is 13.9. The first kappa shape index (κ1) is 25.7. The number of benzene rings is 2. The minimum Gasteiger partial charge on any atom is -0.357 e. The second kappa shape index (κ2) is 12.4. The van der Waals surface area contributed by atoms with Gasteiger partial charge in [-0.3, -0.25) is 4.79 Å². The van der Waals surface area contributed by atoms with Crippen LogP contribution in [0.4, 0.5) is 17.6 Å². The van der Waals surface area contributed by atoms with Crippen molar-refractivity contribution in [2.75, 3.05) is 20.1 Å². The largest absolute Gasteiger partial charge is 0.357 e. The van der Waals surface area contributed by atoms with Crippen molar-refractivity contribution in [3.8, 4) is 0 Å².